The molecule has 6 aromatic rings. The average Bonchev–Trinajstić information content (AvgIpc) is 3.50. The number of hydrogen-bond acceptors (Lipinski definition) is 13. The summed E-state index contributed by atoms with van der Waals surface area (Å²) >= 11 is 12.1. The Kier molecular flexibility index (Phi) is 13.7. The second-order valence-electron chi connectivity index (χ2n) is 15.4. The molecule has 9 rings (SSSR count). The maximum Gasteiger partial charge on any atom is 0.294 e. The number of aromatic nitrogens is 4. The van der Waals surface area contributed by atoms with Crippen LogP contribution in [-0.4, -0.2) is 84.2 Å². The largest absolute Gasteiger partial charge is 0.325 e. The van der Waals surface area contributed by atoms with Gasteiger partial charge in [-0.3, -0.25) is 14.1 Å². The van der Waals surface area contributed by atoms with E-state index in [1.54, 1.807) is 67.0 Å². The minimum absolute atomic E-state index is 0.130. The predicted molar refractivity (Wildman–Crippen MR) is 249 cm³/mol. The standard InChI is InChI=1S/C26H29ClN6O3S.C18H13ClN4O4S/c27-19-5-10-22-23(16-19)31-24(34)15-18-17-28-26(32-25(18)22)30-20-6-8-21(9-7-20)37(35,36)29-11-4-14-33-12-2-1-3-13-33;19-11-1-6-14-15(8-11)22-16(24)7-10-9-20-18(23-17(10)14)21-12-2-4-13(5-3-12)28(25,26)27/h5-10,16-17,29H,1-4,11-15H2,(H,31,34)(H,28,30,32);1-6,8-9H,7H2,(H,22,24)(H,20,21,23)(H,25,26,27). The number of amides is 2. The lowest BCUT2D eigenvalue weighted by Gasteiger charge is -2.26. The molecule has 65 heavy (non-hydrogen) atoms. The van der Waals surface area contributed by atoms with Crippen molar-refractivity contribution in [1.29, 1.82) is 0 Å². The molecule has 0 bridgehead atoms. The minimum atomic E-state index is -4.26. The zero-order chi connectivity index (χ0) is 45.7. The van der Waals surface area contributed by atoms with Crippen LogP contribution >= 0.6 is 23.2 Å². The van der Waals surface area contributed by atoms with Crippen molar-refractivity contribution in [2.45, 2.75) is 48.3 Å². The molecule has 0 spiro atoms. The normalized spacial score (nSPS) is 14.7. The van der Waals surface area contributed by atoms with Crippen LogP contribution in [0.5, 0.6) is 0 Å². The van der Waals surface area contributed by atoms with Crippen LogP contribution in [0, 0.1) is 0 Å². The van der Waals surface area contributed by atoms with Gasteiger partial charge in [0.2, 0.25) is 33.7 Å². The number of nitrogens with one attached hydrogen (secondary N) is 5. The number of carbonyl (C=O) groups excluding carboxylic acids is 2. The molecule has 3 aliphatic rings. The number of benzene rings is 4. The molecule has 6 N–H and O–H groups in total. The van der Waals surface area contributed by atoms with Gasteiger partial charge in [0, 0.05) is 62.6 Å². The first-order valence-electron chi connectivity index (χ1n) is 20.5. The highest BCUT2D eigenvalue weighted by Crippen LogP contribution is 2.36. The van der Waals surface area contributed by atoms with Crippen LogP contribution in [0.2, 0.25) is 10.0 Å². The van der Waals surface area contributed by atoms with E-state index in [9.17, 15) is 26.4 Å². The maximum absolute atomic E-state index is 12.7. The van der Waals surface area contributed by atoms with Gasteiger partial charge in [0.25, 0.3) is 10.1 Å². The molecule has 5 heterocycles. The molecule has 0 radical (unpaired) electrons. The molecule has 4 aromatic carbocycles. The molecule has 1 saturated heterocycles. The lowest BCUT2D eigenvalue weighted by Crippen LogP contribution is -2.33. The first-order chi connectivity index (χ1) is 31.2. The molecule has 2 amide bonds. The molecule has 21 heteroatoms. The zero-order valence-electron chi connectivity index (χ0n) is 34.5. The Labute approximate surface area is 385 Å². The maximum atomic E-state index is 12.7. The first kappa shape index (κ1) is 45.5. The van der Waals surface area contributed by atoms with Gasteiger partial charge < -0.3 is 26.2 Å². The van der Waals surface area contributed by atoms with Crippen LogP contribution in [0.4, 0.5) is 34.6 Å². The Morgan fingerprint density at radius 2 is 1.12 bits per heavy atom. The summed E-state index contributed by atoms with van der Waals surface area (Å²) in [7, 11) is -7.85. The summed E-state index contributed by atoms with van der Waals surface area (Å²) in [5.41, 5.74) is 6.42. The molecule has 0 unspecified atom stereocenters. The molecule has 0 aliphatic carbocycles. The quantitative estimate of drug-likeness (QED) is 0.0546. The Hall–Kier alpha value is -6.06. The molecule has 2 aromatic heterocycles. The van der Waals surface area contributed by atoms with E-state index in [-0.39, 0.29) is 40.4 Å². The van der Waals surface area contributed by atoms with Crippen molar-refractivity contribution in [1.82, 2.24) is 29.6 Å². The fourth-order valence-electron chi connectivity index (χ4n) is 7.51. The van der Waals surface area contributed by atoms with E-state index in [2.05, 4.69) is 50.8 Å². The van der Waals surface area contributed by atoms with Crippen LogP contribution in [0.25, 0.3) is 22.5 Å². The smallest absolute Gasteiger partial charge is 0.294 e. The van der Waals surface area contributed by atoms with Crippen molar-refractivity contribution >= 4 is 89.8 Å². The lowest BCUT2D eigenvalue weighted by atomic mass is 10.1. The van der Waals surface area contributed by atoms with Gasteiger partial charge in [0.1, 0.15) is 0 Å². The molecular weight excluding hydrogens is 916 g/mol. The van der Waals surface area contributed by atoms with E-state index in [1.165, 1.54) is 43.5 Å². The van der Waals surface area contributed by atoms with Gasteiger partial charge in [0.15, 0.2) is 0 Å². The third-order valence-electron chi connectivity index (χ3n) is 10.7. The van der Waals surface area contributed by atoms with Gasteiger partial charge in [-0.05, 0) is 124 Å². The molecule has 0 saturated carbocycles. The van der Waals surface area contributed by atoms with Crippen molar-refractivity contribution in [3.05, 3.63) is 118 Å². The molecule has 336 valence electrons. The fourth-order valence-corrected chi connectivity index (χ4v) is 9.41. The lowest BCUT2D eigenvalue weighted by molar-refractivity contribution is -0.116. The third kappa shape index (κ3) is 11.4. The van der Waals surface area contributed by atoms with Crippen molar-refractivity contribution in [3.8, 4) is 22.5 Å². The summed E-state index contributed by atoms with van der Waals surface area (Å²) in [5.74, 6) is 0.255. The van der Waals surface area contributed by atoms with Crippen molar-refractivity contribution in [3.63, 3.8) is 0 Å². The van der Waals surface area contributed by atoms with Crippen LogP contribution in [0.3, 0.4) is 0 Å². The molecular formula is C44H42Cl2N10O7S2. The van der Waals surface area contributed by atoms with E-state index in [4.69, 9.17) is 27.8 Å². The van der Waals surface area contributed by atoms with E-state index in [0.29, 0.717) is 67.8 Å². The minimum Gasteiger partial charge on any atom is -0.325 e. The Morgan fingerprint density at radius 3 is 1.60 bits per heavy atom. The highest BCUT2D eigenvalue weighted by atomic mass is 35.5. The molecule has 1 fully saturated rings. The van der Waals surface area contributed by atoms with Gasteiger partial charge in [-0.1, -0.05) is 29.6 Å². The summed E-state index contributed by atoms with van der Waals surface area (Å²) in [6, 6.07) is 22.4. The number of rotatable bonds is 11. The van der Waals surface area contributed by atoms with E-state index in [0.717, 1.165) is 37.2 Å². The number of carbonyl (C=O) groups is 2. The van der Waals surface area contributed by atoms with E-state index < -0.39 is 20.1 Å². The van der Waals surface area contributed by atoms with Crippen molar-refractivity contribution in [2.24, 2.45) is 0 Å². The average molecular weight is 958 g/mol. The molecule has 0 atom stereocenters. The summed E-state index contributed by atoms with van der Waals surface area (Å²) in [5, 5.41) is 12.8. The van der Waals surface area contributed by atoms with E-state index in [1.807, 2.05) is 6.07 Å². The monoisotopic (exact) mass is 956 g/mol. The second kappa shape index (κ2) is 19.6. The number of anilines is 6. The number of halogens is 2. The van der Waals surface area contributed by atoms with Gasteiger partial charge >= 0.3 is 0 Å². The number of hydrogen-bond donors (Lipinski definition) is 6. The van der Waals surface area contributed by atoms with Crippen LogP contribution in [0.1, 0.15) is 36.8 Å². The number of sulfonamides is 1. The summed E-state index contributed by atoms with van der Waals surface area (Å²) < 4.78 is 59.4. The number of nitrogens with zero attached hydrogens (tertiary/aromatic N) is 5. The number of piperidine rings is 1. The highest BCUT2D eigenvalue weighted by Gasteiger charge is 2.23. The molecule has 3 aliphatic heterocycles. The SMILES string of the molecule is O=C1Cc2cnc(Nc3ccc(S(=O)(=O)NCCCN4CCCCC4)cc3)nc2-c2ccc(Cl)cc2N1.O=C1Cc2cnc(Nc3ccc(S(=O)(=O)O)cc3)nc2-c2ccc(Cl)cc2N1. The number of likely N-dealkylation sites (tertiary alicyclic amines) is 1. The predicted octanol–water partition coefficient (Wildman–Crippen LogP) is 7.47. The van der Waals surface area contributed by atoms with Gasteiger partial charge in [0.05, 0.1) is 45.4 Å². The van der Waals surface area contributed by atoms with Gasteiger partial charge in [-0.2, -0.15) is 8.42 Å². The zero-order valence-corrected chi connectivity index (χ0v) is 37.7. The van der Waals surface area contributed by atoms with Gasteiger partial charge in [-0.15, -0.1) is 0 Å². The summed E-state index contributed by atoms with van der Waals surface area (Å²) in [6.07, 6.45) is 7.99. The Morgan fingerprint density at radius 1 is 0.646 bits per heavy atom. The number of fused-ring (bicyclic) bond motifs is 6. The molecule has 17 nitrogen and oxygen atoms in total. The summed E-state index contributed by atoms with van der Waals surface area (Å²) in [4.78, 5) is 44.5. The Balaban J connectivity index is 0.000000184. The second-order valence-corrected chi connectivity index (χ2v) is 19.5. The van der Waals surface area contributed by atoms with Crippen LogP contribution < -0.4 is 26.0 Å². The van der Waals surface area contributed by atoms with Gasteiger partial charge in [-0.25, -0.2) is 33.1 Å². The van der Waals surface area contributed by atoms with Crippen LogP contribution in [0.15, 0.2) is 107 Å². The highest BCUT2D eigenvalue weighted by molar-refractivity contribution is 7.89. The fraction of sp³-hybridized carbons (Fsp3) is 0.227. The van der Waals surface area contributed by atoms with Crippen molar-refractivity contribution in [2.75, 3.05) is 47.4 Å². The summed E-state index contributed by atoms with van der Waals surface area (Å²) in [6.45, 7) is 3.52. The third-order valence-corrected chi connectivity index (χ3v) is 13.5. The van der Waals surface area contributed by atoms with E-state index >= 15 is 0 Å². The first-order valence-corrected chi connectivity index (χ1v) is 24.2. The topological polar surface area (TPSA) is 238 Å². The van der Waals surface area contributed by atoms with Crippen molar-refractivity contribution < 1.29 is 31.0 Å². The van der Waals surface area contributed by atoms with Crippen LogP contribution in [-0.2, 0) is 42.6 Å². The Bertz CT molecular complexity index is 2990.